The van der Waals surface area contributed by atoms with Gasteiger partial charge in [-0.15, -0.1) is 0 Å². The second-order valence-electron chi connectivity index (χ2n) is 3.84. The number of hydrogen-bond donors (Lipinski definition) is 0. The summed E-state index contributed by atoms with van der Waals surface area (Å²) in [5.74, 6) is 0.277. The van der Waals surface area contributed by atoms with Gasteiger partial charge in [-0.2, -0.15) is 5.26 Å². The van der Waals surface area contributed by atoms with Crippen LogP contribution in [-0.2, 0) is 6.42 Å². The third kappa shape index (κ3) is 2.33. The standard InChI is InChI=1S/C15H12FNO/c1-18-15-7-6-12(16)10-14(15)13-5-3-2-4-11(13)8-9-17/h2-7,10H,8H2,1H3. The fourth-order valence-corrected chi connectivity index (χ4v) is 1.91. The van der Waals surface area contributed by atoms with Gasteiger partial charge < -0.3 is 4.74 Å². The van der Waals surface area contributed by atoms with E-state index in [0.29, 0.717) is 11.3 Å². The van der Waals surface area contributed by atoms with Crippen LogP contribution >= 0.6 is 0 Å². The van der Waals surface area contributed by atoms with Gasteiger partial charge in [0.05, 0.1) is 19.6 Å². The highest BCUT2D eigenvalue weighted by Crippen LogP contribution is 2.33. The third-order valence-electron chi connectivity index (χ3n) is 2.74. The molecule has 0 saturated carbocycles. The Labute approximate surface area is 105 Å². The van der Waals surface area contributed by atoms with Gasteiger partial charge in [0.15, 0.2) is 0 Å². The maximum atomic E-state index is 13.4. The van der Waals surface area contributed by atoms with Crippen molar-refractivity contribution in [2.24, 2.45) is 0 Å². The molecule has 2 aromatic rings. The summed E-state index contributed by atoms with van der Waals surface area (Å²) in [6.07, 6.45) is 0.288. The average Bonchev–Trinajstić information content (AvgIpc) is 2.40. The van der Waals surface area contributed by atoms with Gasteiger partial charge in [-0.3, -0.25) is 0 Å². The first-order valence-corrected chi connectivity index (χ1v) is 5.55. The van der Waals surface area contributed by atoms with E-state index < -0.39 is 0 Å². The number of methoxy groups -OCH3 is 1. The van der Waals surface area contributed by atoms with Crippen molar-refractivity contribution in [3.8, 4) is 22.9 Å². The topological polar surface area (TPSA) is 33.0 Å². The van der Waals surface area contributed by atoms with E-state index in [1.165, 1.54) is 12.1 Å². The van der Waals surface area contributed by atoms with E-state index in [-0.39, 0.29) is 12.2 Å². The molecule has 0 amide bonds. The van der Waals surface area contributed by atoms with Crippen LogP contribution in [0.1, 0.15) is 5.56 Å². The first-order valence-electron chi connectivity index (χ1n) is 5.55. The van der Waals surface area contributed by atoms with Gasteiger partial charge in [-0.25, -0.2) is 4.39 Å². The molecule has 0 aromatic heterocycles. The maximum Gasteiger partial charge on any atom is 0.126 e. The van der Waals surface area contributed by atoms with Crippen LogP contribution in [0.25, 0.3) is 11.1 Å². The van der Waals surface area contributed by atoms with Crippen molar-refractivity contribution in [3.63, 3.8) is 0 Å². The highest BCUT2D eigenvalue weighted by molar-refractivity contribution is 5.73. The van der Waals surface area contributed by atoms with E-state index in [1.54, 1.807) is 13.2 Å². The molecule has 2 rings (SSSR count). The summed E-state index contributed by atoms with van der Waals surface area (Å²) in [4.78, 5) is 0. The smallest absolute Gasteiger partial charge is 0.126 e. The summed E-state index contributed by atoms with van der Waals surface area (Å²) in [7, 11) is 1.55. The highest BCUT2D eigenvalue weighted by Gasteiger charge is 2.10. The molecular formula is C15H12FNO. The van der Waals surface area contributed by atoms with Crippen LogP contribution in [0.2, 0.25) is 0 Å². The van der Waals surface area contributed by atoms with Crippen LogP contribution in [-0.4, -0.2) is 7.11 Å². The number of ether oxygens (including phenoxy) is 1. The van der Waals surface area contributed by atoms with Crippen molar-refractivity contribution in [1.82, 2.24) is 0 Å². The molecule has 0 atom stereocenters. The van der Waals surface area contributed by atoms with Crippen LogP contribution in [0.5, 0.6) is 5.75 Å². The molecule has 0 fully saturated rings. The van der Waals surface area contributed by atoms with Gasteiger partial charge in [-0.1, -0.05) is 24.3 Å². The van der Waals surface area contributed by atoms with Crippen LogP contribution in [0.15, 0.2) is 42.5 Å². The second-order valence-corrected chi connectivity index (χ2v) is 3.84. The number of rotatable bonds is 3. The van der Waals surface area contributed by atoms with E-state index in [2.05, 4.69) is 6.07 Å². The van der Waals surface area contributed by atoms with E-state index >= 15 is 0 Å². The molecule has 0 aliphatic rings. The Bertz CT molecular complexity index is 602. The Morgan fingerprint density at radius 3 is 2.67 bits per heavy atom. The quantitative estimate of drug-likeness (QED) is 0.823. The Hall–Kier alpha value is -2.34. The molecule has 2 aromatic carbocycles. The molecule has 0 saturated heterocycles. The molecule has 18 heavy (non-hydrogen) atoms. The summed E-state index contributed by atoms with van der Waals surface area (Å²) in [5, 5.41) is 8.82. The molecule has 0 aliphatic carbocycles. The molecule has 0 heterocycles. The van der Waals surface area contributed by atoms with Crippen molar-refractivity contribution in [1.29, 1.82) is 5.26 Å². The van der Waals surface area contributed by atoms with E-state index in [9.17, 15) is 4.39 Å². The molecule has 0 unspecified atom stereocenters. The number of nitriles is 1. The van der Waals surface area contributed by atoms with Crippen LogP contribution in [0.3, 0.4) is 0 Å². The molecule has 0 N–H and O–H groups in total. The van der Waals surface area contributed by atoms with Crippen molar-refractivity contribution < 1.29 is 9.13 Å². The van der Waals surface area contributed by atoms with Crippen molar-refractivity contribution in [2.45, 2.75) is 6.42 Å². The zero-order chi connectivity index (χ0) is 13.0. The number of nitrogens with zero attached hydrogens (tertiary/aromatic N) is 1. The Balaban J connectivity index is 2.61. The minimum Gasteiger partial charge on any atom is -0.496 e. The Kier molecular flexibility index (Phi) is 3.59. The van der Waals surface area contributed by atoms with Gasteiger partial charge in [0.25, 0.3) is 0 Å². The molecule has 0 radical (unpaired) electrons. The van der Waals surface area contributed by atoms with E-state index in [4.69, 9.17) is 10.00 Å². The normalized spacial score (nSPS) is 9.83. The van der Waals surface area contributed by atoms with Gasteiger partial charge >= 0.3 is 0 Å². The fraction of sp³-hybridized carbons (Fsp3) is 0.133. The first kappa shape index (κ1) is 12.1. The van der Waals surface area contributed by atoms with Crippen molar-refractivity contribution in [3.05, 3.63) is 53.8 Å². The molecule has 2 nitrogen and oxygen atoms in total. The SMILES string of the molecule is COc1ccc(F)cc1-c1ccccc1CC#N. The fourth-order valence-electron chi connectivity index (χ4n) is 1.91. The average molecular weight is 241 g/mol. The molecule has 0 bridgehead atoms. The molecule has 0 spiro atoms. The number of halogens is 1. The highest BCUT2D eigenvalue weighted by atomic mass is 19.1. The van der Waals surface area contributed by atoms with Crippen molar-refractivity contribution in [2.75, 3.05) is 7.11 Å². The zero-order valence-electron chi connectivity index (χ0n) is 9.98. The molecule has 0 aliphatic heterocycles. The first-order chi connectivity index (χ1) is 8.76. The van der Waals surface area contributed by atoms with Crippen LogP contribution < -0.4 is 4.74 Å². The lowest BCUT2D eigenvalue weighted by Gasteiger charge is -2.11. The minimum atomic E-state index is -0.322. The summed E-state index contributed by atoms with van der Waals surface area (Å²) in [6.45, 7) is 0. The lowest BCUT2D eigenvalue weighted by molar-refractivity contribution is 0.415. The number of hydrogen-bond acceptors (Lipinski definition) is 2. The monoisotopic (exact) mass is 241 g/mol. The summed E-state index contributed by atoms with van der Waals surface area (Å²) in [6, 6.07) is 13.9. The molecular weight excluding hydrogens is 229 g/mol. The largest absolute Gasteiger partial charge is 0.496 e. The third-order valence-corrected chi connectivity index (χ3v) is 2.74. The van der Waals surface area contributed by atoms with Crippen LogP contribution in [0.4, 0.5) is 4.39 Å². The maximum absolute atomic E-state index is 13.4. The predicted octanol–water partition coefficient (Wildman–Crippen LogP) is 3.57. The van der Waals surface area contributed by atoms with Gasteiger partial charge in [-0.05, 0) is 29.3 Å². The van der Waals surface area contributed by atoms with E-state index in [0.717, 1.165) is 11.1 Å². The van der Waals surface area contributed by atoms with Gasteiger partial charge in [0.1, 0.15) is 11.6 Å². The lowest BCUT2D eigenvalue weighted by Crippen LogP contribution is -1.93. The Morgan fingerprint density at radius 2 is 1.94 bits per heavy atom. The van der Waals surface area contributed by atoms with Gasteiger partial charge in [0, 0.05) is 5.56 Å². The molecule has 3 heteroatoms. The molecule has 90 valence electrons. The summed E-state index contributed by atoms with van der Waals surface area (Å²) < 4.78 is 18.6. The predicted molar refractivity (Wildman–Crippen MR) is 67.7 cm³/mol. The van der Waals surface area contributed by atoms with Crippen molar-refractivity contribution >= 4 is 0 Å². The minimum absolute atomic E-state index is 0.288. The second kappa shape index (κ2) is 5.33. The van der Waals surface area contributed by atoms with Crippen LogP contribution in [0, 0.1) is 17.1 Å². The van der Waals surface area contributed by atoms with Gasteiger partial charge in [0.2, 0.25) is 0 Å². The summed E-state index contributed by atoms with van der Waals surface area (Å²) in [5.41, 5.74) is 2.36. The van der Waals surface area contributed by atoms with E-state index in [1.807, 2.05) is 24.3 Å². The Morgan fingerprint density at radius 1 is 1.17 bits per heavy atom. The number of benzene rings is 2. The lowest BCUT2D eigenvalue weighted by atomic mass is 9.97. The zero-order valence-corrected chi connectivity index (χ0v) is 9.98. The summed E-state index contributed by atoms with van der Waals surface area (Å²) >= 11 is 0.